The van der Waals surface area contributed by atoms with Gasteiger partial charge in [0.2, 0.25) is 15.9 Å². The molecule has 0 spiro atoms. The normalized spacial score (nSPS) is 20.2. The number of carbonyl (C=O) groups excluding carboxylic acids is 1. The van der Waals surface area contributed by atoms with Crippen molar-refractivity contribution in [3.8, 4) is 0 Å². The Morgan fingerprint density at radius 1 is 1.10 bits per heavy atom. The Kier molecular flexibility index (Phi) is 6.80. The molecule has 1 heterocycles. The Bertz CT molecular complexity index is 1090. The summed E-state index contributed by atoms with van der Waals surface area (Å²) in [7, 11) is -3.74. The number of carbonyl (C=O) groups is 1. The van der Waals surface area contributed by atoms with Crippen molar-refractivity contribution in [3.05, 3.63) is 65.0 Å². The van der Waals surface area contributed by atoms with Gasteiger partial charge in [-0.15, -0.1) is 0 Å². The number of hydrogen-bond donors (Lipinski definition) is 1. The fourth-order valence-electron chi connectivity index (χ4n) is 4.25. The van der Waals surface area contributed by atoms with E-state index in [0.717, 1.165) is 16.8 Å². The van der Waals surface area contributed by atoms with Crippen LogP contribution < -0.4 is 5.32 Å². The molecule has 0 saturated carbocycles. The van der Waals surface area contributed by atoms with E-state index in [1.807, 2.05) is 50.8 Å². The van der Waals surface area contributed by atoms with Crippen molar-refractivity contribution in [3.63, 3.8) is 0 Å². The molecule has 8 heteroatoms. The second-order valence-corrected chi connectivity index (χ2v) is 9.99. The third-order valence-electron chi connectivity index (χ3n) is 5.55. The Morgan fingerprint density at radius 2 is 1.68 bits per heavy atom. The molecule has 0 aliphatic carbocycles. The average molecular weight is 441 g/mol. The highest BCUT2D eigenvalue weighted by Gasteiger charge is 2.38. The maximum absolute atomic E-state index is 13.2. The lowest BCUT2D eigenvalue weighted by Gasteiger charge is -2.43. The SMILES string of the molecule is [C-]#[N+]c1cccc(S(=O)(=O)N2[C@H](C)CN(CC(=O)Nc3c(C)cccc3C)C[C@@H]2C)c1. The zero-order valence-corrected chi connectivity index (χ0v) is 19.1. The number of anilines is 1. The Balaban J connectivity index is 1.71. The number of hydrogen-bond acceptors (Lipinski definition) is 4. The number of nitrogens with zero attached hydrogens (tertiary/aromatic N) is 3. The van der Waals surface area contributed by atoms with Crippen LogP contribution in [-0.2, 0) is 14.8 Å². The lowest BCUT2D eigenvalue weighted by Crippen LogP contribution is -2.59. The van der Waals surface area contributed by atoms with Gasteiger partial charge in [0, 0.05) is 30.9 Å². The summed E-state index contributed by atoms with van der Waals surface area (Å²) in [5.74, 6) is -0.113. The van der Waals surface area contributed by atoms with E-state index in [4.69, 9.17) is 6.57 Å². The molecule has 3 rings (SSSR count). The number of nitrogens with one attached hydrogen (secondary N) is 1. The molecule has 0 radical (unpaired) electrons. The van der Waals surface area contributed by atoms with Crippen LogP contribution in [0.4, 0.5) is 11.4 Å². The monoisotopic (exact) mass is 440 g/mol. The van der Waals surface area contributed by atoms with Gasteiger partial charge in [0.05, 0.1) is 18.0 Å². The number of amides is 1. The van der Waals surface area contributed by atoms with Crippen LogP contribution in [0.25, 0.3) is 4.85 Å². The summed E-state index contributed by atoms with van der Waals surface area (Å²) < 4.78 is 28.0. The van der Waals surface area contributed by atoms with Gasteiger partial charge < -0.3 is 5.32 Å². The molecule has 1 fully saturated rings. The predicted octanol–water partition coefficient (Wildman–Crippen LogP) is 3.58. The average Bonchev–Trinajstić information content (AvgIpc) is 2.70. The Morgan fingerprint density at radius 3 is 2.26 bits per heavy atom. The van der Waals surface area contributed by atoms with Crippen LogP contribution in [0.15, 0.2) is 47.4 Å². The molecule has 2 aromatic carbocycles. The number of piperazine rings is 1. The van der Waals surface area contributed by atoms with Gasteiger partial charge in [-0.3, -0.25) is 9.69 Å². The first kappa shape index (κ1) is 22.9. The van der Waals surface area contributed by atoms with E-state index in [2.05, 4.69) is 10.2 Å². The highest BCUT2D eigenvalue weighted by molar-refractivity contribution is 7.89. The van der Waals surface area contributed by atoms with Gasteiger partial charge in [0.1, 0.15) is 0 Å². The molecular weight excluding hydrogens is 412 g/mol. The second-order valence-electron chi connectivity index (χ2n) is 8.15. The van der Waals surface area contributed by atoms with Gasteiger partial charge in [-0.1, -0.05) is 30.3 Å². The van der Waals surface area contributed by atoms with Gasteiger partial charge in [-0.05, 0) is 51.0 Å². The molecule has 1 amide bonds. The topological polar surface area (TPSA) is 74.1 Å². The summed E-state index contributed by atoms with van der Waals surface area (Å²) in [5, 5.41) is 2.99. The van der Waals surface area contributed by atoms with Crippen LogP contribution >= 0.6 is 0 Å². The number of aryl methyl sites for hydroxylation is 2. The molecule has 2 atom stereocenters. The van der Waals surface area contributed by atoms with Gasteiger partial charge in [-0.2, -0.15) is 4.31 Å². The minimum atomic E-state index is -3.74. The van der Waals surface area contributed by atoms with Crippen LogP contribution in [0, 0.1) is 20.4 Å². The van der Waals surface area contributed by atoms with E-state index in [1.165, 1.54) is 16.4 Å². The summed E-state index contributed by atoms with van der Waals surface area (Å²) in [4.78, 5) is 18.1. The van der Waals surface area contributed by atoms with Crippen LogP contribution in [0.3, 0.4) is 0 Å². The maximum atomic E-state index is 13.2. The minimum absolute atomic E-state index is 0.113. The fourth-order valence-corrected chi connectivity index (χ4v) is 6.09. The van der Waals surface area contributed by atoms with E-state index < -0.39 is 10.0 Å². The summed E-state index contributed by atoms with van der Waals surface area (Å²) >= 11 is 0. The van der Waals surface area contributed by atoms with E-state index in [0.29, 0.717) is 18.8 Å². The number of para-hydroxylation sites is 1. The standard InChI is InChI=1S/C23H28N4O3S/c1-16-8-6-9-17(2)23(16)25-22(28)15-26-13-18(3)27(19(4)14-26)31(29,30)21-11-7-10-20(12-21)24-5/h6-12,18-19H,13-15H2,1-4H3,(H,25,28)/t18-,19+. The summed E-state index contributed by atoms with van der Waals surface area (Å²) in [5.41, 5.74) is 3.14. The van der Waals surface area contributed by atoms with Crippen LogP contribution in [0.5, 0.6) is 0 Å². The lowest BCUT2D eigenvalue weighted by atomic mass is 10.1. The summed E-state index contributed by atoms with van der Waals surface area (Å²) in [6.07, 6.45) is 0. The van der Waals surface area contributed by atoms with Gasteiger partial charge in [0.25, 0.3) is 0 Å². The predicted molar refractivity (Wildman–Crippen MR) is 122 cm³/mol. The lowest BCUT2D eigenvalue weighted by molar-refractivity contribution is -0.118. The quantitative estimate of drug-likeness (QED) is 0.722. The van der Waals surface area contributed by atoms with Crippen molar-refractivity contribution in [1.29, 1.82) is 0 Å². The molecule has 7 nitrogen and oxygen atoms in total. The molecule has 0 aromatic heterocycles. The number of sulfonamides is 1. The molecule has 1 aliphatic heterocycles. The third kappa shape index (κ3) is 4.96. The number of rotatable bonds is 5. The first-order chi connectivity index (χ1) is 14.6. The molecule has 1 aliphatic rings. The summed E-state index contributed by atoms with van der Waals surface area (Å²) in [6.45, 7) is 15.9. The van der Waals surface area contributed by atoms with Crippen LogP contribution in [-0.4, -0.2) is 55.2 Å². The van der Waals surface area contributed by atoms with E-state index in [9.17, 15) is 13.2 Å². The van der Waals surface area contributed by atoms with Crippen LogP contribution in [0.2, 0.25) is 0 Å². The molecule has 31 heavy (non-hydrogen) atoms. The third-order valence-corrected chi connectivity index (χ3v) is 7.67. The van der Waals surface area contributed by atoms with Crippen molar-refractivity contribution in [2.24, 2.45) is 0 Å². The molecule has 1 N–H and O–H groups in total. The highest BCUT2D eigenvalue weighted by Crippen LogP contribution is 2.27. The number of benzene rings is 2. The zero-order valence-electron chi connectivity index (χ0n) is 18.3. The van der Waals surface area contributed by atoms with Gasteiger partial charge in [-0.25, -0.2) is 13.3 Å². The van der Waals surface area contributed by atoms with E-state index in [1.54, 1.807) is 12.1 Å². The van der Waals surface area contributed by atoms with Crippen LogP contribution in [0.1, 0.15) is 25.0 Å². The molecular formula is C23H28N4O3S. The fraction of sp³-hybridized carbons (Fsp3) is 0.391. The Labute approximate surface area is 184 Å². The van der Waals surface area contributed by atoms with E-state index >= 15 is 0 Å². The van der Waals surface area contributed by atoms with Gasteiger partial charge in [0.15, 0.2) is 5.69 Å². The second kappa shape index (κ2) is 9.18. The first-order valence-corrected chi connectivity index (χ1v) is 11.7. The van der Waals surface area contributed by atoms with Crippen molar-refractivity contribution < 1.29 is 13.2 Å². The van der Waals surface area contributed by atoms with Crippen molar-refractivity contribution in [2.75, 3.05) is 25.0 Å². The largest absolute Gasteiger partial charge is 0.324 e. The summed E-state index contributed by atoms with van der Waals surface area (Å²) in [6, 6.07) is 11.4. The molecule has 2 aromatic rings. The highest BCUT2D eigenvalue weighted by atomic mass is 32.2. The van der Waals surface area contributed by atoms with Crippen molar-refractivity contribution in [1.82, 2.24) is 9.21 Å². The molecule has 1 saturated heterocycles. The Hall–Kier alpha value is -2.73. The van der Waals surface area contributed by atoms with Crippen molar-refractivity contribution in [2.45, 2.75) is 44.7 Å². The van der Waals surface area contributed by atoms with Crippen molar-refractivity contribution >= 4 is 27.3 Å². The first-order valence-electron chi connectivity index (χ1n) is 10.2. The van der Waals surface area contributed by atoms with E-state index in [-0.39, 0.29) is 29.4 Å². The maximum Gasteiger partial charge on any atom is 0.242 e. The zero-order chi connectivity index (χ0) is 22.8. The molecule has 0 unspecified atom stereocenters. The molecule has 0 bridgehead atoms. The smallest absolute Gasteiger partial charge is 0.242 e. The van der Waals surface area contributed by atoms with Gasteiger partial charge >= 0.3 is 0 Å². The minimum Gasteiger partial charge on any atom is -0.324 e. The molecule has 164 valence electrons.